The number of benzene rings is 1. The Morgan fingerprint density at radius 3 is 2.29 bits per heavy atom. The van der Waals surface area contributed by atoms with E-state index in [-0.39, 0.29) is 6.10 Å². The van der Waals surface area contributed by atoms with Gasteiger partial charge in [0.05, 0.1) is 17.6 Å². The second-order valence-electron chi connectivity index (χ2n) is 4.10. The minimum Gasteiger partial charge on any atom is -0.481 e. The van der Waals surface area contributed by atoms with Gasteiger partial charge in [0.2, 0.25) is 0 Å². The Morgan fingerprint density at radius 2 is 1.76 bits per heavy atom. The molecule has 1 unspecified atom stereocenters. The van der Waals surface area contributed by atoms with Crippen LogP contribution in [0.25, 0.3) is 0 Å². The first-order valence-electron chi connectivity index (χ1n) is 5.46. The molecule has 1 aromatic carbocycles. The van der Waals surface area contributed by atoms with E-state index in [0.29, 0.717) is 11.1 Å². The molecule has 1 atom stereocenters. The summed E-state index contributed by atoms with van der Waals surface area (Å²) in [6.07, 6.45) is -0.226. The molecule has 0 fully saturated rings. The summed E-state index contributed by atoms with van der Waals surface area (Å²) in [5.41, 5.74) is 0.793. The van der Waals surface area contributed by atoms with Crippen molar-refractivity contribution in [2.45, 2.75) is 32.8 Å². The average Bonchev–Trinajstić information content (AvgIpc) is 2.27. The first kappa shape index (κ1) is 13.2. The van der Waals surface area contributed by atoms with Crippen molar-refractivity contribution in [3.63, 3.8) is 0 Å². The molecule has 0 radical (unpaired) electrons. The minimum atomic E-state index is -0.963. The van der Waals surface area contributed by atoms with Crippen molar-refractivity contribution >= 4 is 11.9 Å². The summed E-state index contributed by atoms with van der Waals surface area (Å²) in [7, 11) is 0. The number of esters is 1. The lowest BCUT2D eigenvalue weighted by Gasteiger charge is -2.13. The molecule has 92 valence electrons. The number of hydrogen-bond acceptors (Lipinski definition) is 3. The van der Waals surface area contributed by atoms with Crippen LogP contribution in [0.1, 0.15) is 42.6 Å². The Labute approximate surface area is 100 Å². The second-order valence-corrected chi connectivity index (χ2v) is 4.10. The fraction of sp³-hybridized carbons (Fsp3) is 0.385. The van der Waals surface area contributed by atoms with Gasteiger partial charge in [-0.1, -0.05) is 18.2 Å². The van der Waals surface area contributed by atoms with Gasteiger partial charge in [-0.25, -0.2) is 4.79 Å². The second kappa shape index (κ2) is 5.48. The van der Waals surface area contributed by atoms with E-state index < -0.39 is 17.9 Å². The molecule has 0 aliphatic rings. The highest BCUT2D eigenvalue weighted by Crippen LogP contribution is 2.21. The number of aliphatic carboxylic acids is 1. The van der Waals surface area contributed by atoms with Crippen LogP contribution in [0.4, 0.5) is 0 Å². The Bertz CT molecular complexity index is 423. The van der Waals surface area contributed by atoms with Crippen molar-refractivity contribution in [2.24, 2.45) is 0 Å². The average molecular weight is 236 g/mol. The fourth-order valence-electron chi connectivity index (χ4n) is 1.47. The number of hydrogen-bond donors (Lipinski definition) is 1. The van der Waals surface area contributed by atoms with Crippen molar-refractivity contribution in [2.75, 3.05) is 0 Å². The maximum Gasteiger partial charge on any atom is 0.338 e. The Kier molecular flexibility index (Phi) is 4.26. The van der Waals surface area contributed by atoms with Gasteiger partial charge in [0, 0.05) is 0 Å². The van der Waals surface area contributed by atoms with Gasteiger partial charge in [-0.3, -0.25) is 4.79 Å². The van der Waals surface area contributed by atoms with E-state index in [2.05, 4.69) is 0 Å². The zero-order chi connectivity index (χ0) is 13.0. The van der Waals surface area contributed by atoms with Gasteiger partial charge >= 0.3 is 11.9 Å². The van der Waals surface area contributed by atoms with Crippen LogP contribution in [0, 0.1) is 0 Å². The third-order valence-electron chi connectivity index (χ3n) is 2.36. The number of carboxylic acids is 1. The van der Waals surface area contributed by atoms with Gasteiger partial charge < -0.3 is 9.84 Å². The predicted molar refractivity (Wildman–Crippen MR) is 63.0 cm³/mol. The topological polar surface area (TPSA) is 63.6 Å². The van der Waals surface area contributed by atoms with E-state index in [4.69, 9.17) is 9.84 Å². The van der Waals surface area contributed by atoms with Crippen LogP contribution in [-0.4, -0.2) is 23.1 Å². The molecule has 0 aliphatic heterocycles. The molecular formula is C13H16O4. The van der Waals surface area contributed by atoms with Crippen molar-refractivity contribution < 1.29 is 19.4 Å². The number of carbonyl (C=O) groups excluding carboxylic acids is 1. The van der Waals surface area contributed by atoms with Crippen molar-refractivity contribution in [3.8, 4) is 0 Å². The maximum absolute atomic E-state index is 11.8. The van der Waals surface area contributed by atoms with E-state index in [1.807, 2.05) is 0 Å². The molecule has 0 saturated carbocycles. The van der Waals surface area contributed by atoms with Crippen LogP contribution in [0.3, 0.4) is 0 Å². The first-order chi connectivity index (χ1) is 7.93. The van der Waals surface area contributed by atoms with Crippen LogP contribution in [-0.2, 0) is 9.53 Å². The summed E-state index contributed by atoms with van der Waals surface area (Å²) in [6.45, 7) is 5.05. The smallest absolute Gasteiger partial charge is 0.338 e. The van der Waals surface area contributed by atoms with E-state index in [1.54, 1.807) is 45.0 Å². The Balaban J connectivity index is 3.07. The van der Waals surface area contributed by atoms with E-state index in [9.17, 15) is 9.59 Å². The maximum atomic E-state index is 11.8. The van der Waals surface area contributed by atoms with Gasteiger partial charge in [0.1, 0.15) is 0 Å². The van der Waals surface area contributed by atoms with E-state index >= 15 is 0 Å². The van der Waals surface area contributed by atoms with Gasteiger partial charge in [-0.2, -0.15) is 0 Å². The molecule has 17 heavy (non-hydrogen) atoms. The highest BCUT2D eigenvalue weighted by molar-refractivity contribution is 5.93. The van der Waals surface area contributed by atoms with Crippen LogP contribution in [0.5, 0.6) is 0 Å². The van der Waals surface area contributed by atoms with Crippen LogP contribution in [0.2, 0.25) is 0 Å². The summed E-state index contributed by atoms with van der Waals surface area (Å²) in [6, 6.07) is 6.62. The molecule has 4 heteroatoms. The van der Waals surface area contributed by atoms with Gasteiger partial charge in [-0.15, -0.1) is 0 Å². The largest absolute Gasteiger partial charge is 0.481 e. The summed E-state index contributed by atoms with van der Waals surface area (Å²) in [4.78, 5) is 22.7. The molecule has 0 aliphatic carbocycles. The molecule has 0 spiro atoms. The molecule has 1 rings (SSSR count). The van der Waals surface area contributed by atoms with Gasteiger partial charge in [-0.05, 0) is 32.4 Å². The molecule has 0 bridgehead atoms. The van der Waals surface area contributed by atoms with Crippen molar-refractivity contribution in [3.05, 3.63) is 35.4 Å². The Hall–Kier alpha value is -1.84. The molecule has 1 aromatic rings. The zero-order valence-electron chi connectivity index (χ0n) is 10.1. The van der Waals surface area contributed by atoms with Crippen LogP contribution >= 0.6 is 0 Å². The van der Waals surface area contributed by atoms with Gasteiger partial charge in [0.15, 0.2) is 0 Å². The lowest BCUT2D eigenvalue weighted by atomic mass is 9.96. The highest BCUT2D eigenvalue weighted by atomic mass is 16.5. The third-order valence-corrected chi connectivity index (χ3v) is 2.36. The fourth-order valence-corrected chi connectivity index (χ4v) is 1.47. The summed E-state index contributed by atoms with van der Waals surface area (Å²) in [5.74, 6) is -2.18. The molecule has 0 heterocycles. The molecule has 0 aromatic heterocycles. The number of carboxylic acid groups (broad SMARTS) is 1. The molecule has 0 amide bonds. The lowest BCUT2D eigenvalue weighted by Crippen LogP contribution is -2.17. The van der Waals surface area contributed by atoms with E-state index in [1.165, 1.54) is 0 Å². The Morgan fingerprint density at radius 1 is 1.18 bits per heavy atom. The zero-order valence-corrected chi connectivity index (χ0v) is 10.1. The summed E-state index contributed by atoms with van der Waals surface area (Å²) < 4.78 is 5.07. The molecule has 4 nitrogen and oxygen atoms in total. The first-order valence-corrected chi connectivity index (χ1v) is 5.46. The molecule has 0 saturated heterocycles. The monoisotopic (exact) mass is 236 g/mol. The van der Waals surface area contributed by atoms with Crippen molar-refractivity contribution in [1.82, 2.24) is 0 Å². The minimum absolute atomic E-state index is 0.226. The van der Waals surface area contributed by atoms with E-state index in [0.717, 1.165) is 0 Å². The number of ether oxygens (including phenoxy) is 1. The normalized spacial score (nSPS) is 12.2. The highest BCUT2D eigenvalue weighted by Gasteiger charge is 2.21. The number of rotatable bonds is 4. The third kappa shape index (κ3) is 3.31. The van der Waals surface area contributed by atoms with Crippen molar-refractivity contribution in [1.29, 1.82) is 0 Å². The summed E-state index contributed by atoms with van der Waals surface area (Å²) in [5, 5.41) is 8.97. The molecular weight excluding hydrogens is 220 g/mol. The summed E-state index contributed by atoms with van der Waals surface area (Å²) >= 11 is 0. The van der Waals surface area contributed by atoms with Crippen LogP contribution in [0.15, 0.2) is 24.3 Å². The SMILES string of the molecule is CC(C)OC(=O)c1ccccc1C(C)C(=O)O. The quantitative estimate of drug-likeness (QED) is 0.815. The number of carbonyl (C=O) groups is 2. The van der Waals surface area contributed by atoms with Crippen LogP contribution < -0.4 is 0 Å². The lowest BCUT2D eigenvalue weighted by molar-refractivity contribution is -0.138. The van der Waals surface area contributed by atoms with Gasteiger partial charge in [0.25, 0.3) is 0 Å². The predicted octanol–water partition coefficient (Wildman–Crippen LogP) is 2.44. The standard InChI is InChI=1S/C13H16O4/c1-8(2)17-13(16)11-7-5-4-6-10(11)9(3)12(14)15/h4-9H,1-3H3,(H,14,15). The molecule has 1 N–H and O–H groups in total.